The number of Topliss-reactive ketones (excluding diaryl/α,β-unsaturated/α-hetero) is 1. The second-order valence-electron chi connectivity index (χ2n) is 6.86. The molecule has 0 saturated carbocycles. The summed E-state index contributed by atoms with van der Waals surface area (Å²) in [4.78, 5) is 32.8. The van der Waals surface area contributed by atoms with Gasteiger partial charge < -0.3 is 10.6 Å². The molecule has 0 aliphatic carbocycles. The number of ketones is 1. The van der Waals surface area contributed by atoms with Gasteiger partial charge in [-0.25, -0.2) is 9.97 Å². The molecular weight excluding hydrogens is 364 g/mol. The summed E-state index contributed by atoms with van der Waals surface area (Å²) >= 11 is 0. The average molecular weight is 388 g/mol. The molecule has 2 aromatic carbocycles. The molecule has 0 aliphatic rings. The first kappa shape index (κ1) is 20.2. The van der Waals surface area contributed by atoms with Gasteiger partial charge in [0.05, 0.1) is 0 Å². The molecular formula is C23H24N4O2. The summed E-state index contributed by atoms with van der Waals surface area (Å²) in [5.41, 5.74) is 4.74. The van der Waals surface area contributed by atoms with E-state index >= 15 is 0 Å². The van der Waals surface area contributed by atoms with Crippen LogP contribution < -0.4 is 10.6 Å². The number of para-hydroxylation sites is 1. The van der Waals surface area contributed by atoms with Crippen molar-refractivity contribution in [1.29, 1.82) is 0 Å². The zero-order valence-corrected chi connectivity index (χ0v) is 17.0. The molecule has 6 nitrogen and oxygen atoms in total. The van der Waals surface area contributed by atoms with Gasteiger partial charge in [0.25, 0.3) is 5.91 Å². The summed E-state index contributed by atoms with van der Waals surface area (Å²) in [6.45, 7) is 7.39. The van der Waals surface area contributed by atoms with E-state index in [4.69, 9.17) is 0 Å². The van der Waals surface area contributed by atoms with E-state index in [1.54, 1.807) is 37.3 Å². The van der Waals surface area contributed by atoms with E-state index in [9.17, 15) is 9.59 Å². The lowest BCUT2D eigenvalue weighted by Crippen LogP contribution is -2.15. The molecule has 1 aromatic heterocycles. The molecule has 0 spiro atoms. The number of hydrogen-bond acceptors (Lipinski definition) is 5. The summed E-state index contributed by atoms with van der Waals surface area (Å²) in [6, 6.07) is 14.5. The maximum Gasteiger partial charge on any atom is 0.274 e. The van der Waals surface area contributed by atoms with Crippen molar-refractivity contribution >= 4 is 28.9 Å². The highest BCUT2D eigenvalue weighted by Crippen LogP contribution is 2.25. The zero-order chi connectivity index (χ0) is 21.0. The normalized spacial score (nSPS) is 10.5. The number of hydrogen-bond donors (Lipinski definition) is 2. The molecule has 6 heteroatoms. The fourth-order valence-corrected chi connectivity index (χ4v) is 3.06. The molecule has 0 atom stereocenters. The molecule has 3 rings (SSSR count). The van der Waals surface area contributed by atoms with Crippen LogP contribution >= 0.6 is 0 Å². The van der Waals surface area contributed by atoms with Gasteiger partial charge in [-0.15, -0.1) is 0 Å². The van der Waals surface area contributed by atoms with Gasteiger partial charge in [0.1, 0.15) is 17.3 Å². The number of amides is 1. The Morgan fingerprint density at radius 1 is 1.00 bits per heavy atom. The zero-order valence-electron chi connectivity index (χ0n) is 17.0. The van der Waals surface area contributed by atoms with Gasteiger partial charge in [-0.05, 0) is 62.6 Å². The third-order valence-electron chi connectivity index (χ3n) is 4.61. The third-order valence-corrected chi connectivity index (χ3v) is 4.61. The lowest BCUT2D eigenvalue weighted by Gasteiger charge is -2.14. The van der Waals surface area contributed by atoms with E-state index in [2.05, 4.69) is 33.6 Å². The van der Waals surface area contributed by atoms with Crippen molar-refractivity contribution in [3.63, 3.8) is 0 Å². The van der Waals surface area contributed by atoms with Gasteiger partial charge in [0, 0.05) is 23.0 Å². The first-order valence-corrected chi connectivity index (χ1v) is 9.51. The number of carbonyl (C=O) groups excluding carboxylic acids is 2. The minimum Gasteiger partial charge on any atom is -0.340 e. The van der Waals surface area contributed by atoms with Crippen molar-refractivity contribution in [3.8, 4) is 0 Å². The summed E-state index contributed by atoms with van der Waals surface area (Å²) in [7, 11) is 0. The SMILES string of the molecule is CCc1cccc(C)c1Nc1cc(C(=O)Nc2ccc(C(C)=O)cc2)nc(C)n1. The lowest BCUT2D eigenvalue weighted by atomic mass is 10.1. The standard InChI is InChI=1S/C23H24N4O2/c1-5-17-8-6-7-14(2)22(17)27-21-13-20(24-16(4)25-21)23(29)26-19-11-9-18(10-12-19)15(3)28/h6-13H,5H2,1-4H3,(H,26,29)(H,24,25,27). The second-order valence-corrected chi connectivity index (χ2v) is 6.86. The Bertz CT molecular complexity index is 1060. The number of benzene rings is 2. The van der Waals surface area contributed by atoms with Crippen LogP contribution in [0.4, 0.5) is 17.2 Å². The van der Waals surface area contributed by atoms with E-state index in [-0.39, 0.29) is 17.4 Å². The van der Waals surface area contributed by atoms with Gasteiger partial charge >= 0.3 is 0 Å². The summed E-state index contributed by atoms with van der Waals surface area (Å²) in [5.74, 6) is 0.708. The molecule has 0 saturated heterocycles. The van der Waals surface area contributed by atoms with Crippen LogP contribution in [0.1, 0.15) is 51.6 Å². The first-order valence-electron chi connectivity index (χ1n) is 9.51. The summed E-state index contributed by atoms with van der Waals surface area (Å²) < 4.78 is 0. The van der Waals surface area contributed by atoms with Crippen molar-refractivity contribution < 1.29 is 9.59 Å². The first-order chi connectivity index (χ1) is 13.9. The highest BCUT2D eigenvalue weighted by atomic mass is 16.2. The number of rotatable bonds is 6. The Balaban J connectivity index is 1.83. The second kappa shape index (κ2) is 8.65. The molecule has 148 valence electrons. The van der Waals surface area contributed by atoms with E-state index in [0.29, 0.717) is 22.9 Å². The maximum absolute atomic E-state index is 12.7. The Labute approximate surface area is 170 Å². The van der Waals surface area contributed by atoms with E-state index < -0.39 is 0 Å². The van der Waals surface area contributed by atoms with E-state index in [1.165, 1.54) is 12.5 Å². The van der Waals surface area contributed by atoms with E-state index in [0.717, 1.165) is 17.7 Å². The molecule has 1 heterocycles. The third kappa shape index (κ3) is 4.85. The van der Waals surface area contributed by atoms with Crippen molar-refractivity contribution in [1.82, 2.24) is 9.97 Å². The fraction of sp³-hybridized carbons (Fsp3) is 0.217. The van der Waals surface area contributed by atoms with Crippen LogP contribution in [0, 0.1) is 13.8 Å². The highest BCUT2D eigenvalue weighted by molar-refractivity contribution is 6.03. The monoisotopic (exact) mass is 388 g/mol. The molecule has 0 radical (unpaired) electrons. The smallest absolute Gasteiger partial charge is 0.274 e. The molecule has 3 aromatic rings. The minimum atomic E-state index is -0.338. The van der Waals surface area contributed by atoms with Crippen LogP contribution in [0.2, 0.25) is 0 Å². The molecule has 0 bridgehead atoms. The molecule has 0 aliphatic heterocycles. The van der Waals surface area contributed by atoms with E-state index in [1.807, 2.05) is 19.1 Å². The average Bonchev–Trinajstić information content (AvgIpc) is 2.69. The van der Waals surface area contributed by atoms with Crippen LogP contribution in [0.3, 0.4) is 0 Å². The van der Waals surface area contributed by atoms with Crippen molar-refractivity contribution in [3.05, 3.63) is 76.7 Å². The molecule has 0 unspecified atom stereocenters. The highest BCUT2D eigenvalue weighted by Gasteiger charge is 2.13. The van der Waals surface area contributed by atoms with Crippen molar-refractivity contribution in [2.24, 2.45) is 0 Å². The predicted molar refractivity (Wildman–Crippen MR) is 115 cm³/mol. The molecule has 2 N–H and O–H groups in total. The Morgan fingerprint density at radius 2 is 1.72 bits per heavy atom. The van der Waals surface area contributed by atoms with Crippen molar-refractivity contribution in [2.75, 3.05) is 10.6 Å². The van der Waals surface area contributed by atoms with Crippen LogP contribution in [-0.2, 0) is 6.42 Å². The van der Waals surface area contributed by atoms with Crippen LogP contribution in [0.25, 0.3) is 0 Å². The quantitative estimate of drug-likeness (QED) is 0.590. The fourth-order valence-electron chi connectivity index (χ4n) is 3.06. The maximum atomic E-state index is 12.7. The van der Waals surface area contributed by atoms with Gasteiger partial charge in [0.2, 0.25) is 0 Å². The number of anilines is 3. The number of carbonyl (C=O) groups is 2. The minimum absolute atomic E-state index is 0.0207. The summed E-state index contributed by atoms with van der Waals surface area (Å²) in [5, 5.41) is 6.15. The largest absolute Gasteiger partial charge is 0.340 e. The van der Waals surface area contributed by atoms with Gasteiger partial charge in [-0.1, -0.05) is 25.1 Å². The predicted octanol–water partition coefficient (Wildman–Crippen LogP) is 4.85. The van der Waals surface area contributed by atoms with Crippen LogP contribution in [0.15, 0.2) is 48.5 Å². The Hall–Kier alpha value is -3.54. The number of aryl methyl sites for hydroxylation is 3. The lowest BCUT2D eigenvalue weighted by molar-refractivity contribution is 0.101. The number of nitrogens with zero attached hydrogens (tertiary/aromatic N) is 2. The van der Waals surface area contributed by atoms with Gasteiger partial charge in [0.15, 0.2) is 5.78 Å². The van der Waals surface area contributed by atoms with Gasteiger partial charge in [-0.2, -0.15) is 0 Å². The topological polar surface area (TPSA) is 84.0 Å². The molecule has 1 amide bonds. The van der Waals surface area contributed by atoms with Gasteiger partial charge in [-0.3, -0.25) is 9.59 Å². The van der Waals surface area contributed by atoms with Crippen LogP contribution in [-0.4, -0.2) is 21.7 Å². The Morgan fingerprint density at radius 3 is 2.38 bits per heavy atom. The summed E-state index contributed by atoms with van der Waals surface area (Å²) in [6.07, 6.45) is 0.887. The van der Waals surface area contributed by atoms with Crippen molar-refractivity contribution in [2.45, 2.75) is 34.1 Å². The molecule has 0 fully saturated rings. The number of nitrogens with one attached hydrogen (secondary N) is 2. The molecule has 29 heavy (non-hydrogen) atoms. The van der Waals surface area contributed by atoms with Crippen LogP contribution in [0.5, 0.6) is 0 Å². The Kier molecular flexibility index (Phi) is 6.02. The number of aromatic nitrogens is 2.